The van der Waals surface area contributed by atoms with E-state index >= 15 is 0 Å². The van der Waals surface area contributed by atoms with Crippen LogP contribution in [0.5, 0.6) is 5.75 Å². The van der Waals surface area contributed by atoms with Crippen LogP contribution in [0.2, 0.25) is 5.02 Å². The highest BCUT2D eigenvalue weighted by atomic mass is 35.5. The zero-order chi connectivity index (χ0) is 14.4. The Morgan fingerprint density at radius 3 is 3.10 bits per heavy atom. The predicted octanol–water partition coefficient (Wildman–Crippen LogP) is 2.06. The normalized spacial score (nSPS) is 14.6. The van der Waals surface area contributed by atoms with Crippen molar-refractivity contribution < 1.29 is 9.53 Å². The Morgan fingerprint density at radius 2 is 2.35 bits per heavy atom. The zero-order valence-corrected chi connectivity index (χ0v) is 12.3. The third kappa shape index (κ3) is 4.25. The maximum absolute atomic E-state index is 11.7. The molecule has 0 spiro atoms. The van der Waals surface area contributed by atoms with Gasteiger partial charge >= 0.3 is 0 Å². The fourth-order valence-corrected chi connectivity index (χ4v) is 2.15. The van der Waals surface area contributed by atoms with Crippen molar-refractivity contribution in [2.75, 3.05) is 26.2 Å². The van der Waals surface area contributed by atoms with E-state index in [0.717, 1.165) is 25.1 Å². The van der Waals surface area contributed by atoms with Gasteiger partial charge in [0.2, 0.25) is 0 Å². The Labute approximate surface area is 124 Å². The molecule has 1 aliphatic heterocycles. The first-order valence-corrected chi connectivity index (χ1v) is 7.08. The standard InChI is InChI=1S/C15H19ClN2O2/c1-11-13(16)3-2-4-14(11)20-10-15(19)18-9-12-5-7-17-8-6-12/h2-5,17H,6-10H2,1H3,(H,18,19). The minimum Gasteiger partial charge on any atom is -0.483 e. The summed E-state index contributed by atoms with van der Waals surface area (Å²) in [5.41, 5.74) is 2.11. The average molecular weight is 295 g/mol. The highest BCUT2D eigenvalue weighted by Gasteiger charge is 2.08. The first kappa shape index (κ1) is 14.9. The second kappa shape index (κ2) is 7.31. The first-order chi connectivity index (χ1) is 9.66. The molecule has 0 saturated heterocycles. The maximum atomic E-state index is 11.7. The van der Waals surface area contributed by atoms with Gasteiger partial charge in [-0.05, 0) is 32.0 Å². The summed E-state index contributed by atoms with van der Waals surface area (Å²) >= 11 is 6.00. The van der Waals surface area contributed by atoms with Crippen molar-refractivity contribution in [2.45, 2.75) is 13.3 Å². The van der Waals surface area contributed by atoms with E-state index < -0.39 is 0 Å². The van der Waals surface area contributed by atoms with Gasteiger partial charge in [0.15, 0.2) is 6.61 Å². The molecule has 1 amide bonds. The van der Waals surface area contributed by atoms with Crippen molar-refractivity contribution in [3.63, 3.8) is 0 Å². The lowest BCUT2D eigenvalue weighted by Gasteiger charge is -2.15. The molecule has 1 aromatic carbocycles. The molecule has 1 heterocycles. The summed E-state index contributed by atoms with van der Waals surface area (Å²) in [4.78, 5) is 11.7. The summed E-state index contributed by atoms with van der Waals surface area (Å²) in [5, 5.41) is 6.74. The lowest BCUT2D eigenvalue weighted by atomic mass is 10.1. The average Bonchev–Trinajstić information content (AvgIpc) is 2.48. The van der Waals surface area contributed by atoms with Gasteiger partial charge in [0.25, 0.3) is 5.91 Å². The van der Waals surface area contributed by atoms with Crippen molar-refractivity contribution in [1.29, 1.82) is 0 Å². The number of hydrogen-bond acceptors (Lipinski definition) is 3. The highest BCUT2D eigenvalue weighted by molar-refractivity contribution is 6.31. The molecule has 2 N–H and O–H groups in total. The number of ether oxygens (including phenoxy) is 1. The van der Waals surface area contributed by atoms with Gasteiger partial charge in [0, 0.05) is 23.7 Å². The van der Waals surface area contributed by atoms with Crippen LogP contribution in [0.3, 0.4) is 0 Å². The van der Waals surface area contributed by atoms with E-state index in [1.54, 1.807) is 6.07 Å². The van der Waals surface area contributed by atoms with Gasteiger partial charge in [-0.25, -0.2) is 0 Å². The van der Waals surface area contributed by atoms with Gasteiger partial charge in [0.05, 0.1) is 0 Å². The SMILES string of the molecule is Cc1c(Cl)cccc1OCC(=O)NCC1=CCNCC1. The molecule has 1 aromatic rings. The van der Waals surface area contributed by atoms with Gasteiger partial charge < -0.3 is 15.4 Å². The van der Waals surface area contributed by atoms with Crippen LogP contribution in [0.1, 0.15) is 12.0 Å². The predicted molar refractivity (Wildman–Crippen MR) is 80.3 cm³/mol. The lowest BCUT2D eigenvalue weighted by molar-refractivity contribution is -0.122. The lowest BCUT2D eigenvalue weighted by Crippen LogP contribution is -2.32. The first-order valence-electron chi connectivity index (χ1n) is 6.70. The number of nitrogens with one attached hydrogen (secondary N) is 2. The van der Waals surface area contributed by atoms with E-state index in [9.17, 15) is 4.79 Å². The molecule has 20 heavy (non-hydrogen) atoms. The van der Waals surface area contributed by atoms with E-state index in [4.69, 9.17) is 16.3 Å². The molecule has 0 radical (unpaired) electrons. The summed E-state index contributed by atoms with van der Waals surface area (Å²) in [6.45, 7) is 4.32. The van der Waals surface area contributed by atoms with Crippen LogP contribution >= 0.6 is 11.6 Å². The minimum atomic E-state index is -0.121. The highest BCUT2D eigenvalue weighted by Crippen LogP contribution is 2.24. The molecule has 4 nitrogen and oxygen atoms in total. The fourth-order valence-electron chi connectivity index (χ4n) is 1.98. The summed E-state index contributed by atoms with van der Waals surface area (Å²) < 4.78 is 5.49. The number of rotatable bonds is 5. The molecular weight excluding hydrogens is 276 g/mol. The van der Waals surface area contributed by atoms with Crippen LogP contribution in [-0.2, 0) is 4.79 Å². The summed E-state index contributed by atoms with van der Waals surface area (Å²) in [7, 11) is 0. The molecule has 5 heteroatoms. The van der Waals surface area contributed by atoms with Crippen LogP contribution in [0.25, 0.3) is 0 Å². The molecule has 0 saturated carbocycles. The zero-order valence-electron chi connectivity index (χ0n) is 11.5. The quantitative estimate of drug-likeness (QED) is 0.818. The molecule has 0 aromatic heterocycles. The van der Waals surface area contributed by atoms with E-state index in [0.29, 0.717) is 17.3 Å². The van der Waals surface area contributed by atoms with Gasteiger partial charge in [0.1, 0.15) is 5.75 Å². The Morgan fingerprint density at radius 1 is 1.50 bits per heavy atom. The largest absolute Gasteiger partial charge is 0.483 e. The number of benzene rings is 1. The molecule has 2 rings (SSSR count). The molecule has 0 bridgehead atoms. The van der Waals surface area contributed by atoms with Crippen LogP contribution in [-0.4, -0.2) is 32.1 Å². The van der Waals surface area contributed by atoms with Crippen LogP contribution in [0.15, 0.2) is 29.8 Å². The van der Waals surface area contributed by atoms with Crippen LogP contribution in [0.4, 0.5) is 0 Å². The monoisotopic (exact) mass is 294 g/mol. The van der Waals surface area contributed by atoms with Crippen molar-refractivity contribution in [2.24, 2.45) is 0 Å². The van der Waals surface area contributed by atoms with Crippen molar-refractivity contribution in [3.05, 3.63) is 40.4 Å². The maximum Gasteiger partial charge on any atom is 0.258 e. The van der Waals surface area contributed by atoms with E-state index in [1.165, 1.54) is 5.57 Å². The minimum absolute atomic E-state index is 0.00666. The molecule has 1 aliphatic rings. The second-order valence-electron chi connectivity index (χ2n) is 4.74. The Balaban J connectivity index is 1.77. The Bertz CT molecular complexity index is 515. The van der Waals surface area contributed by atoms with Gasteiger partial charge in [-0.3, -0.25) is 4.79 Å². The number of halogens is 1. The number of amides is 1. The van der Waals surface area contributed by atoms with Crippen LogP contribution in [0, 0.1) is 6.92 Å². The number of hydrogen-bond donors (Lipinski definition) is 2. The smallest absolute Gasteiger partial charge is 0.258 e. The Kier molecular flexibility index (Phi) is 5.44. The number of carbonyl (C=O) groups excluding carboxylic acids is 1. The summed E-state index contributed by atoms with van der Waals surface area (Å²) in [6, 6.07) is 5.42. The Hall–Kier alpha value is -1.52. The molecule has 0 unspecified atom stereocenters. The van der Waals surface area contributed by atoms with Crippen LogP contribution < -0.4 is 15.4 Å². The third-order valence-corrected chi connectivity index (χ3v) is 3.66. The van der Waals surface area contributed by atoms with E-state index in [1.807, 2.05) is 19.1 Å². The molecule has 0 fully saturated rings. The number of carbonyl (C=O) groups is 1. The topological polar surface area (TPSA) is 50.4 Å². The van der Waals surface area contributed by atoms with Crippen molar-refractivity contribution in [1.82, 2.24) is 10.6 Å². The van der Waals surface area contributed by atoms with E-state index in [2.05, 4.69) is 16.7 Å². The van der Waals surface area contributed by atoms with Crippen molar-refractivity contribution >= 4 is 17.5 Å². The van der Waals surface area contributed by atoms with Gasteiger partial charge in [-0.1, -0.05) is 29.3 Å². The third-order valence-electron chi connectivity index (χ3n) is 3.25. The fraction of sp³-hybridized carbons (Fsp3) is 0.400. The van der Waals surface area contributed by atoms with Gasteiger partial charge in [-0.15, -0.1) is 0 Å². The molecule has 0 atom stereocenters. The molecule has 0 aliphatic carbocycles. The molecular formula is C15H19ClN2O2. The molecule has 108 valence electrons. The van der Waals surface area contributed by atoms with E-state index in [-0.39, 0.29) is 12.5 Å². The summed E-state index contributed by atoms with van der Waals surface area (Å²) in [5.74, 6) is 0.526. The summed E-state index contributed by atoms with van der Waals surface area (Å²) in [6.07, 6.45) is 3.10. The van der Waals surface area contributed by atoms with Crippen molar-refractivity contribution in [3.8, 4) is 5.75 Å². The second-order valence-corrected chi connectivity index (χ2v) is 5.15. The van der Waals surface area contributed by atoms with Gasteiger partial charge in [-0.2, -0.15) is 0 Å².